The van der Waals surface area contributed by atoms with Gasteiger partial charge in [-0.25, -0.2) is 0 Å². The van der Waals surface area contributed by atoms with Crippen molar-refractivity contribution in [1.29, 1.82) is 0 Å². The first-order valence-corrected chi connectivity index (χ1v) is 7.78. The zero-order chi connectivity index (χ0) is 13.9. The largest absolute Gasteiger partial charge is 0.300 e. The zero-order valence-electron chi connectivity index (χ0n) is 12.3. The van der Waals surface area contributed by atoms with Gasteiger partial charge in [0.1, 0.15) is 0 Å². The van der Waals surface area contributed by atoms with E-state index in [0.717, 1.165) is 31.2 Å². The molecule has 1 aromatic carbocycles. The minimum atomic E-state index is 0.273. The highest BCUT2D eigenvalue weighted by molar-refractivity contribution is 5.96. The molecule has 0 radical (unpaired) electrons. The SMILES string of the molecule is Cc1ccc(C(=O)CCN2CCN(C3CC3)CC2)cc1. The maximum Gasteiger partial charge on any atom is 0.164 e. The zero-order valence-corrected chi connectivity index (χ0v) is 12.3. The van der Waals surface area contributed by atoms with E-state index in [9.17, 15) is 4.79 Å². The predicted molar refractivity (Wildman–Crippen MR) is 81.2 cm³/mol. The van der Waals surface area contributed by atoms with E-state index in [2.05, 4.69) is 9.80 Å². The highest BCUT2D eigenvalue weighted by Gasteiger charge is 2.31. The van der Waals surface area contributed by atoms with Crippen LogP contribution >= 0.6 is 0 Å². The first kappa shape index (κ1) is 13.8. The molecule has 0 amide bonds. The molecule has 0 bridgehead atoms. The van der Waals surface area contributed by atoms with Crippen molar-refractivity contribution in [3.05, 3.63) is 35.4 Å². The van der Waals surface area contributed by atoms with E-state index >= 15 is 0 Å². The van der Waals surface area contributed by atoms with Gasteiger partial charge in [-0.2, -0.15) is 0 Å². The van der Waals surface area contributed by atoms with Crippen LogP contribution in [0.4, 0.5) is 0 Å². The Bertz CT molecular complexity index is 456. The smallest absolute Gasteiger partial charge is 0.164 e. The fourth-order valence-corrected chi connectivity index (χ4v) is 2.94. The number of Topliss-reactive ketones (excluding diaryl/α,β-unsaturated/α-hetero) is 1. The van der Waals surface area contributed by atoms with E-state index in [0.29, 0.717) is 6.42 Å². The lowest BCUT2D eigenvalue weighted by Crippen LogP contribution is -2.47. The maximum atomic E-state index is 12.1. The van der Waals surface area contributed by atoms with E-state index in [-0.39, 0.29) is 5.78 Å². The van der Waals surface area contributed by atoms with Gasteiger partial charge in [0.25, 0.3) is 0 Å². The van der Waals surface area contributed by atoms with Crippen molar-refractivity contribution in [1.82, 2.24) is 9.80 Å². The summed E-state index contributed by atoms with van der Waals surface area (Å²) in [5, 5.41) is 0. The van der Waals surface area contributed by atoms with Crippen LogP contribution in [0, 0.1) is 6.92 Å². The van der Waals surface area contributed by atoms with Gasteiger partial charge in [0.05, 0.1) is 0 Å². The number of hydrogen-bond donors (Lipinski definition) is 0. The normalized spacial score (nSPS) is 21.1. The highest BCUT2D eigenvalue weighted by atomic mass is 16.1. The van der Waals surface area contributed by atoms with Crippen LogP contribution in [0.3, 0.4) is 0 Å². The molecule has 0 atom stereocenters. The number of carbonyl (C=O) groups excluding carboxylic acids is 1. The minimum Gasteiger partial charge on any atom is -0.300 e. The molecule has 3 nitrogen and oxygen atoms in total. The van der Waals surface area contributed by atoms with Crippen molar-refractivity contribution in [3.63, 3.8) is 0 Å². The molecule has 1 heterocycles. The molecule has 2 fully saturated rings. The fraction of sp³-hybridized carbons (Fsp3) is 0.588. The number of ketones is 1. The van der Waals surface area contributed by atoms with Crippen molar-refractivity contribution in [2.75, 3.05) is 32.7 Å². The average molecular weight is 272 g/mol. The van der Waals surface area contributed by atoms with Gasteiger partial charge in [-0.15, -0.1) is 0 Å². The molecule has 3 heteroatoms. The topological polar surface area (TPSA) is 23.6 Å². The van der Waals surface area contributed by atoms with Gasteiger partial charge >= 0.3 is 0 Å². The van der Waals surface area contributed by atoms with Crippen LogP contribution in [-0.2, 0) is 0 Å². The lowest BCUT2D eigenvalue weighted by Gasteiger charge is -2.34. The third kappa shape index (κ3) is 3.47. The first-order valence-electron chi connectivity index (χ1n) is 7.78. The molecular formula is C17H24N2O. The second-order valence-corrected chi connectivity index (χ2v) is 6.15. The van der Waals surface area contributed by atoms with Crippen LogP contribution in [0.2, 0.25) is 0 Å². The lowest BCUT2D eigenvalue weighted by molar-refractivity contribution is 0.0921. The van der Waals surface area contributed by atoms with Gasteiger partial charge in [0.2, 0.25) is 0 Å². The first-order chi connectivity index (χ1) is 9.72. The number of rotatable bonds is 5. The molecule has 2 aliphatic rings. The molecule has 1 aliphatic heterocycles. The summed E-state index contributed by atoms with van der Waals surface area (Å²) < 4.78 is 0. The number of nitrogens with zero attached hydrogens (tertiary/aromatic N) is 2. The predicted octanol–water partition coefficient (Wildman–Crippen LogP) is 2.35. The van der Waals surface area contributed by atoms with Gasteiger partial charge in [-0.3, -0.25) is 9.69 Å². The molecular weight excluding hydrogens is 248 g/mol. The number of benzene rings is 1. The molecule has 0 N–H and O–H groups in total. The van der Waals surface area contributed by atoms with Gasteiger partial charge in [0, 0.05) is 50.7 Å². The Morgan fingerprint density at radius 1 is 1.10 bits per heavy atom. The van der Waals surface area contributed by atoms with E-state index in [1.807, 2.05) is 31.2 Å². The third-order valence-corrected chi connectivity index (χ3v) is 4.50. The molecule has 3 rings (SSSR count). The summed E-state index contributed by atoms with van der Waals surface area (Å²) in [6.07, 6.45) is 3.43. The number of aryl methyl sites for hydroxylation is 1. The molecule has 0 unspecified atom stereocenters. The number of piperazine rings is 1. The van der Waals surface area contributed by atoms with Crippen LogP contribution in [0.25, 0.3) is 0 Å². The average Bonchev–Trinajstić information content (AvgIpc) is 3.31. The molecule has 1 aliphatic carbocycles. The second-order valence-electron chi connectivity index (χ2n) is 6.15. The second kappa shape index (κ2) is 6.06. The summed E-state index contributed by atoms with van der Waals surface area (Å²) in [4.78, 5) is 17.2. The van der Waals surface area contributed by atoms with E-state index in [1.165, 1.54) is 31.5 Å². The Hall–Kier alpha value is -1.19. The molecule has 1 aromatic rings. The van der Waals surface area contributed by atoms with E-state index in [4.69, 9.17) is 0 Å². The summed E-state index contributed by atoms with van der Waals surface area (Å²) in [5.74, 6) is 0.273. The Balaban J connectivity index is 1.43. The number of hydrogen-bond acceptors (Lipinski definition) is 3. The van der Waals surface area contributed by atoms with Crippen molar-refractivity contribution >= 4 is 5.78 Å². The minimum absolute atomic E-state index is 0.273. The van der Waals surface area contributed by atoms with Crippen LogP contribution in [-0.4, -0.2) is 54.3 Å². The van der Waals surface area contributed by atoms with Crippen molar-refractivity contribution < 1.29 is 4.79 Å². The molecule has 1 saturated heterocycles. The quantitative estimate of drug-likeness (QED) is 0.769. The summed E-state index contributed by atoms with van der Waals surface area (Å²) in [6.45, 7) is 7.57. The van der Waals surface area contributed by atoms with Crippen LogP contribution < -0.4 is 0 Å². The van der Waals surface area contributed by atoms with Gasteiger partial charge in [-0.1, -0.05) is 29.8 Å². The molecule has 0 aromatic heterocycles. The summed E-state index contributed by atoms with van der Waals surface area (Å²) in [7, 11) is 0. The van der Waals surface area contributed by atoms with Gasteiger partial charge in [0.15, 0.2) is 5.78 Å². The van der Waals surface area contributed by atoms with E-state index in [1.54, 1.807) is 0 Å². The molecule has 108 valence electrons. The fourth-order valence-electron chi connectivity index (χ4n) is 2.94. The Morgan fingerprint density at radius 2 is 1.75 bits per heavy atom. The van der Waals surface area contributed by atoms with Gasteiger partial charge < -0.3 is 4.90 Å². The van der Waals surface area contributed by atoms with Crippen molar-refractivity contribution in [2.45, 2.75) is 32.2 Å². The van der Waals surface area contributed by atoms with Crippen LogP contribution in [0.1, 0.15) is 35.2 Å². The van der Waals surface area contributed by atoms with Crippen LogP contribution in [0.15, 0.2) is 24.3 Å². The highest BCUT2D eigenvalue weighted by Crippen LogP contribution is 2.27. The van der Waals surface area contributed by atoms with Crippen molar-refractivity contribution in [2.24, 2.45) is 0 Å². The van der Waals surface area contributed by atoms with E-state index < -0.39 is 0 Å². The monoisotopic (exact) mass is 272 g/mol. The number of carbonyl (C=O) groups is 1. The molecule has 0 spiro atoms. The van der Waals surface area contributed by atoms with Crippen LogP contribution in [0.5, 0.6) is 0 Å². The lowest BCUT2D eigenvalue weighted by atomic mass is 10.1. The van der Waals surface area contributed by atoms with Gasteiger partial charge in [-0.05, 0) is 19.8 Å². The summed E-state index contributed by atoms with van der Waals surface area (Å²) in [6, 6.07) is 8.81. The van der Waals surface area contributed by atoms with Crippen molar-refractivity contribution in [3.8, 4) is 0 Å². The Morgan fingerprint density at radius 3 is 2.35 bits per heavy atom. The third-order valence-electron chi connectivity index (χ3n) is 4.50. The Kier molecular flexibility index (Phi) is 4.18. The molecule has 1 saturated carbocycles. The maximum absolute atomic E-state index is 12.1. The standard InChI is InChI=1S/C17H24N2O/c1-14-2-4-15(5-3-14)17(20)8-9-18-10-12-19(13-11-18)16-6-7-16/h2-5,16H,6-13H2,1H3. The summed E-state index contributed by atoms with van der Waals surface area (Å²) >= 11 is 0. The summed E-state index contributed by atoms with van der Waals surface area (Å²) in [5.41, 5.74) is 2.06. The Labute approximate surface area is 121 Å². The molecule has 20 heavy (non-hydrogen) atoms.